The summed E-state index contributed by atoms with van der Waals surface area (Å²) in [6.07, 6.45) is -4.39. The molecule has 2 rings (SSSR count). The van der Waals surface area contributed by atoms with E-state index in [-0.39, 0.29) is 0 Å². The Morgan fingerprint density at radius 1 is 1.04 bits per heavy atom. The van der Waals surface area contributed by atoms with E-state index in [1.165, 1.54) is 12.1 Å². The number of imide groups is 1. The molecule has 2 aromatic carbocycles. The average molecular weight is 394 g/mol. The number of amides is 3. The lowest BCUT2D eigenvalue weighted by molar-refractivity contribution is -0.916. The lowest BCUT2D eigenvalue weighted by Gasteiger charge is -2.24. The van der Waals surface area contributed by atoms with E-state index in [2.05, 4.69) is 10.6 Å². The van der Waals surface area contributed by atoms with Crippen LogP contribution in [0.3, 0.4) is 0 Å². The summed E-state index contributed by atoms with van der Waals surface area (Å²) < 4.78 is 38.2. The van der Waals surface area contributed by atoms with Gasteiger partial charge in [-0.15, -0.1) is 0 Å². The van der Waals surface area contributed by atoms with Gasteiger partial charge in [0.05, 0.1) is 12.6 Å². The van der Waals surface area contributed by atoms with Gasteiger partial charge in [-0.3, -0.25) is 10.1 Å². The summed E-state index contributed by atoms with van der Waals surface area (Å²) in [6.45, 7) is 2.42. The molecule has 0 radical (unpaired) electrons. The Morgan fingerprint density at radius 2 is 1.64 bits per heavy atom. The van der Waals surface area contributed by atoms with Crippen LogP contribution in [0.15, 0.2) is 54.6 Å². The van der Waals surface area contributed by atoms with E-state index in [4.69, 9.17) is 0 Å². The van der Waals surface area contributed by atoms with Gasteiger partial charge in [-0.25, -0.2) is 4.79 Å². The van der Waals surface area contributed by atoms with E-state index in [1.807, 2.05) is 6.07 Å². The Bertz CT molecular complexity index is 793. The number of benzene rings is 2. The first-order valence-corrected chi connectivity index (χ1v) is 8.84. The largest absolute Gasteiger partial charge is 0.416 e. The van der Waals surface area contributed by atoms with Gasteiger partial charge < -0.3 is 10.2 Å². The molecule has 150 valence electrons. The fourth-order valence-corrected chi connectivity index (χ4v) is 2.93. The molecule has 3 amide bonds. The molecule has 3 N–H and O–H groups in total. The number of nitrogens with one attached hydrogen (secondary N) is 3. The molecule has 0 aliphatic carbocycles. The van der Waals surface area contributed by atoms with Crippen molar-refractivity contribution in [3.05, 3.63) is 71.3 Å². The predicted octanol–water partition coefficient (Wildman–Crippen LogP) is 2.31. The summed E-state index contributed by atoms with van der Waals surface area (Å²) in [6, 6.07) is 12.5. The molecule has 0 aliphatic rings. The molecule has 2 aromatic rings. The fraction of sp³-hybridized carbons (Fsp3) is 0.300. The Hall–Kier alpha value is -2.87. The van der Waals surface area contributed by atoms with Gasteiger partial charge in [0.25, 0.3) is 5.91 Å². The molecule has 28 heavy (non-hydrogen) atoms. The number of alkyl halides is 3. The van der Waals surface area contributed by atoms with Crippen LogP contribution < -0.4 is 15.5 Å². The molecule has 0 aromatic heterocycles. The van der Waals surface area contributed by atoms with Crippen molar-refractivity contribution in [3.8, 4) is 0 Å². The maximum absolute atomic E-state index is 12.7. The number of carbonyl (C=O) groups is 2. The molecule has 8 heteroatoms. The van der Waals surface area contributed by atoms with E-state index >= 15 is 0 Å². The van der Waals surface area contributed by atoms with Crippen molar-refractivity contribution in [1.29, 1.82) is 0 Å². The van der Waals surface area contributed by atoms with Crippen molar-refractivity contribution in [2.24, 2.45) is 0 Å². The van der Waals surface area contributed by atoms with Crippen LogP contribution in [0.1, 0.15) is 29.7 Å². The number of hydrogen-bond acceptors (Lipinski definition) is 2. The number of likely N-dealkylation sites (N-methyl/N-ethyl adjacent to an activating group) is 1. The van der Waals surface area contributed by atoms with Crippen molar-refractivity contribution in [3.63, 3.8) is 0 Å². The number of halogens is 3. The zero-order valence-corrected chi connectivity index (χ0v) is 15.6. The second kappa shape index (κ2) is 9.36. The molecule has 0 bridgehead atoms. The normalized spacial score (nSPS) is 13.5. The topological polar surface area (TPSA) is 62.6 Å². The van der Waals surface area contributed by atoms with Crippen LogP contribution in [0, 0.1) is 0 Å². The third-order valence-electron chi connectivity index (χ3n) is 4.23. The molecule has 1 unspecified atom stereocenters. The molecule has 0 fully saturated rings. The van der Waals surface area contributed by atoms with Gasteiger partial charge >= 0.3 is 12.2 Å². The van der Waals surface area contributed by atoms with Crippen LogP contribution in [0.5, 0.6) is 0 Å². The predicted molar refractivity (Wildman–Crippen MR) is 98.4 cm³/mol. The maximum Gasteiger partial charge on any atom is 0.416 e. The highest BCUT2D eigenvalue weighted by molar-refractivity contribution is 5.96. The molecule has 0 spiro atoms. The van der Waals surface area contributed by atoms with Gasteiger partial charge in [0, 0.05) is 17.7 Å². The lowest BCUT2D eigenvalue weighted by Crippen LogP contribution is -3.09. The minimum atomic E-state index is -4.39. The number of hydrogen-bond donors (Lipinski definition) is 3. The SMILES string of the molecule is CCNC(=O)NC(=O)[C@@H](c1ccccc1)[NH+](C)Cc1ccc(C(F)(F)F)cc1. The number of urea groups is 1. The van der Waals surface area contributed by atoms with Gasteiger partial charge in [0.2, 0.25) is 0 Å². The molecule has 0 aliphatic heterocycles. The van der Waals surface area contributed by atoms with Gasteiger partial charge in [-0.1, -0.05) is 42.5 Å². The summed E-state index contributed by atoms with van der Waals surface area (Å²) in [4.78, 5) is 25.2. The molecule has 2 atom stereocenters. The van der Waals surface area contributed by atoms with Crippen LogP contribution >= 0.6 is 0 Å². The number of carbonyl (C=O) groups excluding carboxylic acids is 2. The standard InChI is InChI=1S/C20H22F3N3O2/c1-3-24-19(28)25-18(27)17(15-7-5-4-6-8-15)26(2)13-14-9-11-16(12-10-14)20(21,22)23/h4-12,17H,3,13H2,1-2H3,(H2,24,25,27,28)/p+1/t17-/m1/s1. The second-order valence-corrected chi connectivity index (χ2v) is 6.41. The first kappa shape index (κ1) is 21.4. The van der Waals surface area contributed by atoms with E-state index in [0.29, 0.717) is 29.1 Å². The zero-order valence-electron chi connectivity index (χ0n) is 15.6. The summed E-state index contributed by atoms with van der Waals surface area (Å²) in [5.41, 5.74) is 0.633. The lowest BCUT2D eigenvalue weighted by atomic mass is 10.0. The molecule has 0 heterocycles. The summed E-state index contributed by atoms with van der Waals surface area (Å²) in [7, 11) is 1.76. The second-order valence-electron chi connectivity index (χ2n) is 6.41. The molecule has 5 nitrogen and oxygen atoms in total. The number of quaternary nitrogens is 1. The summed E-state index contributed by atoms with van der Waals surface area (Å²) >= 11 is 0. The van der Waals surface area contributed by atoms with Crippen molar-refractivity contribution in [2.75, 3.05) is 13.6 Å². The Morgan fingerprint density at radius 3 is 2.18 bits per heavy atom. The fourth-order valence-electron chi connectivity index (χ4n) is 2.93. The highest BCUT2D eigenvalue weighted by Gasteiger charge is 2.32. The van der Waals surface area contributed by atoms with Crippen molar-refractivity contribution < 1.29 is 27.7 Å². The minimum absolute atomic E-state index is 0.306. The maximum atomic E-state index is 12.7. The average Bonchev–Trinajstić information content (AvgIpc) is 2.62. The van der Waals surface area contributed by atoms with E-state index in [1.54, 1.807) is 38.2 Å². The van der Waals surface area contributed by atoms with Crippen LogP contribution in [0.4, 0.5) is 18.0 Å². The zero-order chi connectivity index (χ0) is 20.7. The van der Waals surface area contributed by atoms with Gasteiger partial charge in [-0.05, 0) is 19.1 Å². The molecular weight excluding hydrogens is 371 g/mol. The van der Waals surface area contributed by atoms with Crippen LogP contribution in [0.25, 0.3) is 0 Å². The quantitative estimate of drug-likeness (QED) is 0.704. The van der Waals surface area contributed by atoms with Gasteiger partial charge in [0.1, 0.15) is 6.54 Å². The molecule has 0 saturated carbocycles. The Labute approximate surface area is 161 Å². The van der Waals surface area contributed by atoms with Gasteiger partial charge in [0.15, 0.2) is 6.04 Å². The van der Waals surface area contributed by atoms with E-state index in [0.717, 1.165) is 12.1 Å². The first-order chi connectivity index (χ1) is 13.2. The van der Waals surface area contributed by atoms with E-state index in [9.17, 15) is 22.8 Å². The minimum Gasteiger partial charge on any atom is -0.338 e. The van der Waals surface area contributed by atoms with Crippen molar-refractivity contribution in [1.82, 2.24) is 10.6 Å². The van der Waals surface area contributed by atoms with Crippen molar-refractivity contribution >= 4 is 11.9 Å². The van der Waals surface area contributed by atoms with Crippen LogP contribution in [-0.4, -0.2) is 25.5 Å². The van der Waals surface area contributed by atoms with E-state index < -0.39 is 29.7 Å². The summed E-state index contributed by atoms with van der Waals surface area (Å²) in [5, 5.41) is 4.82. The molecular formula is C20H23F3N3O2+. The van der Waals surface area contributed by atoms with Crippen LogP contribution in [-0.2, 0) is 17.5 Å². The Kier molecular flexibility index (Phi) is 7.17. The molecule has 0 saturated heterocycles. The van der Waals surface area contributed by atoms with Crippen molar-refractivity contribution in [2.45, 2.75) is 25.7 Å². The monoisotopic (exact) mass is 394 g/mol. The third-order valence-corrected chi connectivity index (χ3v) is 4.23. The third kappa shape index (κ3) is 5.82. The Balaban J connectivity index is 2.20. The number of rotatable bonds is 6. The van der Waals surface area contributed by atoms with Gasteiger partial charge in [-0.2, -0.15) is 13.2 Å². The smallest absolute Gasteiger partial charge is 0.338 e. The summed E-state index contributed by atoms with van der Waals surface area (Å²) in [5.74, 6) is -0.485. The highest BCUT2D eigenvalue weighted by atomic mass is 19.4. The van der Waals surface area contributed by atoms with Crippen LogP contribution in [0.2, 0.25) is 0 Å². The highest BCUT2D eigenvalue weighted by Crippen LogP contribution is 2.29. The first-order valence-electron chi connectivity index (χ1n) is 8.84.